The molecule has 0 aliphatic rings. The molecular weight excluding hydrogens is 499 g/mol. The van der Waals surface area contributed by atoms with Gasteiger partial charge in [-0.15, -0.1) is 0 Å². The highest BCUT2D eigenvalue weighted by molar-refractivity contribution is 5.23. The molecule has 4 aromatic rings. The SMILES string of the molecule is CCC.Fc1ccc(CNCc2ccc(CN(CCNCc3ccccn3)CNCc3ccccn3)cc2)cc1. The van der Waals surface area contributed by atoms with E-state index in [-0.39, 0.29) is 5.82 Å². The van der Waals surface area contributed by atoms with Crippen molar-refractivity contribution in [1.29, 1.82) is 0 Å². The van der Waals surface area contributed by atoms with Crippen molar-refractivity contribution >= 4 is 0 Å². The van der Waals surface area contributed by atoms with E-state index in [1.165, 1.54) is 29.7 Å². The standard InChI is InChI=1S/C30H35FN6.C3H8/c31-28-13-11-26(12-14-28)20-33-19-25-7-9-27(10-8-25)23-37(24-34-22-30-6-2-4-16-36-30)18-17-32-21-29-5-1-3-15-35-29;1-3-2/h1-16,32-34H,17-24H2;3H2,1-2H3. The molecule has 0 atom stereocenters. The lowest BCUT2D eigenvalue weighted by molar-refractivity contribution is 0.242. The van der Waals surface area contributed by atoms with E-state index in [0.29, 0.717) is 6.54 Å². The van der Waals surface area contributed by atoms with E-state index < -0.39 is 0 Å². The van der Waals surface area contributed by atoms with E-state index in [1.807, 2.05) is 60.9 Å². The summed E-state index contributed by atoms with van der Waals surface area (Å²) < 4.78 is 13.1. The predicted molar refractivity (Wildman–Crippen MR) is 162 cm³/mol. The molecular formula is C33H43FN6. The number of aromatic nitrogens is 2. The quantitative estimate of drug-likeness (QED) is 0.133. The van der Waals surface area contributed by atoms with Crippen LogP contribution in [0.2, 0.25) is 0 Å². The van der Waals surface area contributed by atoms with Gasteiger partial charge in [0.05, 0.1) is 11.4 Å². The number of rotatable bonds is 15. The van der Waals surface area contributed by atoms with Crippen LogP contribution in [-0.4, -0.2) is 34.6 Å². The summed E-state index contributed by atoms with van der Waals surface area (Å²) in [5.41, 5.74) is 5.65. The number of nitrogens with zero attached hydrogens (tertiary/aromatic N) is 3. The monoisotopic (exact) mass is 542 g/mol. The van der Waals surface area contributed by atoms with Gasteiger partial charge in [-0.05, 0) is 53.1 Å². The fourth-order valence-corrected chi connectivity index (χ4v) is 3.99. The first kappa shape index (κ1) is 31.0. The van der Waals surface area contributed by atoms with Gasteiger partial charge in [-0.25, -0.2) is 4.39 Å². The van der Waals surface area contributed by atoms with Crippen molar-refractivity contribution in [2.24, 2.45) is 0 Å². The van der Waals surface area contributed by atoms with Gasteiger partial charge in [-0.1, -0.05) is 68.8 Å². The number of pyridine rings is 2. The zero-order valence-electron chi connectivity index (χ0n) is 23.8. The molecule has 0 aliphatic carbocycles. The minimum atomic E-state index is -0.204. The Bertz CT molecular complexity index is 1170. The van der Waals surface area contributed by atoms with Crippen molar-refractivity contribution in [3.8, 4) is 0 Å². The van der Waals surface area contributed by atoms with Gasteiger partial charge in [-0.3, -0.25) is 20.2 Å². The Morgan fingerprint density at radius 2 is 1.15 bits per heavy atom. The number of benzene rings is 2. The minimum absolute atomic E-state index is 0.204. The number of nitrogens with one attached hydrogen (secondary N) is 3. The first-order valence-corrected chi connectivity index (χ1v) is 14.1. The molecule has 0 bridgehead atoms. The highest BCUT2D eigenvalue weighted by Gasteiger charge is 2.07. The molecule has 3 N–H and O–H groups in total. The van der Waals surface area contributed by atoms with E-state index in [0.717, 1.165) is 62.9 Å². The molecule has 40 heavy (non-hydrogen) atoms. The molecule has 2 aromatic carbocycles. The fraction of sp³-hybridized carbons (Fsp3) is 0.333. The van der Waals surface area contributed by atoms with Crippen LogP contribution in [0.25, 0.3) is 0 Å². The van der Waals surface area contributed by atoms with Crippen molar-refractivity contribution in [1.82, 2.24) is 30.8 Å². The topological polar surface area (TPSA) is 65.1 Å². The normalized spacial score (nSPS) is 10.8. The highest BCUT2D eigenvalue weighted by atomic mass is 19.1. The van der Waals surface area contributed by atoms with Crippen LogP contribution in [-0.2, 0) is 32.7 Å². The third kappa shape index (κ3) is 12.6. The van der Waals surface area contributed by atoms with Crippen LogP contribution in [0.3, 0.4) is 0 Å². The molecule has 0 aliphatic heterocycles. The Morgan fingerprint density at radius 3 is 1.70 bits per heavy atom. The molecule has 0 radical (unpaired) electrons. The number of hydrogen-bond donors (Lipinski definition) is 3. The summed E-state index contributed by atoms with van der Waals surface area (Å²) in [6.45, 7) is 10.6. The van der Waals surface area contributed by atoms with Crippen molar-refractivity contribution in [3.63, 3.8) is 0 Å². The van der Waals surface area contributed by atoms with Gasteiger partial charge in [0, 0.05) is 64.9 Å². The van der Waals surface area contributed by atoms with Crippen LogP contribution in [0, 0.1) is 5.82 Å². The van der Waals surface area contributed by atoms with Crippen molar-refractivity contribution in [2.45, 2.75) is 53.0 Å². The van der Waals surface area contributed by atoms with Crippen LogP contribution in [0.4, 0.5) is 4.39 Å². The second kappa shape index (κ2) is 18.7. The van der Waals surface area contributed by atoms with Crippen LogP contribution in [0.15, 0.2) is 97.3 Å². The van der Waals surface area contributed by atoms with Crippen LogP contribution >= 0.6 is 0 Å². The van der Waals surface area contributed by atoms with Gasteiger partial charge >= 0.3 is 0 Å². The maximum Gasteiger partial charge on any atom is 0.123 e. The Morgan fingerprint density at radius 1 is 0.625 bits per heavy atom. The lowest BCUT2D eigenvalue weighted by atomic mass is 10.1. The van der Waals surface area contributed by atoms with Gasteiger partial charge in [-0.2, -0.15) is 0 Å². The molecule has 0 saturated carbocycles. The van der Waals surface area contributed by atoms with Crippen molar-refractivity contribution in [3.05, 3.63) is 131 Å². The van der Waals surface area contributed by atoms with Crippen LogP contribution < -0.4 is 16.0 Å². The Labute approximate surface area is 239 Å². The van der Waals surface area contributed by atoms with E-state index in [1.54, 1.807) is 0 Å². The average molecular weight is 543 g/mol. The molecule has 0 spiro atoms. The third-order valence-corrected chi connectivity index (χ3v) is 6.01. The highest BCUT2D eigenvalue weighted by Crippen LogP contribution is 2.09. The molecule has 0 unspecified atom stereocenters. The van der Waals surface area contributed by atoms with E-state index >= 15 is 0 Å². The van der Waals surface area contributed by atoms with Gasteiger partial charge in [0.15, 0.2) is 0 Å². The first-order valence-electron chi connectivity index (χ1n) is 14.1. The molecule has 2 heterocycles. The van der Waals surface area contributed by atoms with Crippen LogP contribution in [0.5, 0.6) is 0 Å². The summed E-state index contributed by atoms with van der Waals surface area (Å²) in [6.07, 6.45) is 4.90. The fourth-order valence-electron chi connectivity index (χ4n) is 3.99. The second-order valence-electron chi connectivity index (χ2n) is 9.71. The van der Waals surface area contributed by atoms with Crippen molar-refractivity contribution in [2.75, 3.05) is 19.8 Å². The van der Waals surface area contributed by atoms with Gasteiger partial charge < -0.3 is 10.6 Å². The van der Waals surface area contributed by atoms with Gasteiger partial charge in [0.1, 0.15) is 5.82 Å². The zero-order chi connectivity index (χ0) is 28.3. The van der Waals surface area contributed by atoms with Gasteiger partial charge in [0.25, 0.3) is 0 Å². The maximum atomic E-state index is 13.1. The predicted octanol–water partition coefficient (Wildman–Crippen LogP) is 5.66. The lowest BCUT2D eigenvalue weighted by Gasteiger charge is -2.23. The molecule has 7 heteroatoms. The summed E-state index contributed by atoms with van der Waals surface area (Å²) in [5, 5.41) is 10.5. The summed E-state index contributed by atoms with van der Waals surface area (Å²) in [6, 6.07) is 27.3. The number of hydrogen-bond acceptors (Lipinski definition) is 6. The average Bonchev–Trinajstić information content (AvgIpc) is 2.98. The smallest absolute Gasteiger partial charge is 0.123 e. The summed E-state index contributed by atoms with van der Waals surface area (Å²) in [7, 11) is 0. The van der Waals surface area contributed by atoms with Crippen molar-refractivity contribution < 1.29 is 4.39 Å². The second-order valence-corrected chi connectivity index (χ2v) is 9.71. The molecule has 0 amide bonds. The Kier molecular flexibility index (Phi) is 14.5. The summed E-state index contributed by atoms with van der Waals surface area (Å²) >= 11 is 0. The minimum Gasteiger partial charge on any atom is -0.310 e. The molecule has 6 nitrogen and oxygen atoms in total. The molecule has 212 valence electrons. The first-order chi connectivity index (χ1) is 19.7. The largest absolute Gasteiger partial charge is 0.310 e. The summed E-state index contributed by atoms with van der Waals surface area (Å²) in [4.78, 5) is 11.2. The zero-order valence-corrected chi connectivity index (χ0v) is 23.8. The van der Waals surface area contributed by atoms with Crippen LogP contribution in [0.1, 0.15) is 48.3 Å². The lowest BCUT2D eigenvalue weighted by Crippen LogP contribution is -2.38. The molecule has 0 fully saturated rings. The van der Waals surface area contributed by atoms with Gasteiger partial charge in [0.2, 0.25) is 0 Å². The van der Waals surface area contributed by atoms with E-state index in [4.69, 9.17) is 0 Å². The third-order valence-electron chi connectivity index (χ3n) is 6.01. The molecule has 4 rings (SSSR count). The van der Waals surface area contributed by atoms with E-state index in [2.05, 4.69) is 68.9 Å². The number of halogens is 1. The Hall–Kier alpha value is -3.49. The molecule has 2 aromatic heterocycles. The Balaban J connectivity index is 0.00000141. The summed E-state index contributed by atoms with van der Waals surface area (Å²) in [5.74, 6) is -0.204. The molecule has 0 saturated heterocycles. The van der Waals surface area contributed by atoms with E-state index in [9.17, 15) is 4.39 Å². The maximum absolute atomic E-state index is 13.1.